The largest absolute Gasteiger partial charge is 0.422 e. The van der Waals surface area contributed by atoms with Crippen LogP contribution in [0.25, 0.3) is 33.4 Å². The molecule has 0 bridgehead atoms. The van der Waals surface area contributed by atoms with Crippen LogP contribution in [-0.2, 0) is 7.05 Å². The molecule has 0 radical (unpaired) electrons. The van der Waals surface area contributed by atoms with E-state index in [1.165, 1.54) is 18.2 Å². The van der Waals surface area contributed by atoms with Crippen molar-refractivity contribution in [1.29, 1.82) is 0 Å². The van der Waals surface area contributed by atoms with Crippen molar-refractivity contribution in [2.24, 2.45) is 7.05 Å². The average Bonchev–Trinajstić information content (AvgIpc) is 2.91. The minimum Gasteiger partial charge on any atom is -0.422 e. The van der Waals surface area contributed by atoms with Gasteiger partial charge in [0.2, 0.25) is 0 Å². The van der Waals surface area contributed by atoms with E-state index in [-0.39, 0.29) is 11.3 Å². The third-order valence-electron chi connectivity index (χ3n) is 3.95. The third kappa shape index (κ3) is 2.06. The first-order valence-electron chi connectivity index (χ1n) is 7.19. The summed E-state index contributed by atoms with van der Waals surface area (Å²) in [6.45, 7) is 0. The van der Waals surface area contributed by atoms with Crippen molar-refractivity contribution in [1.82, 2.24) is 9.55 Å². The van der Waals surface area contributed by atoms with Crippen molar-refractivity contribution in [3.05, 3.63) is 69.1 Å². The van der Waals surface area contributed by atoms with Crippen LogP contribution in [0.3, 0.4) is 0 Å². The van der Waals surface area contributed by atoms with Crippen molar-refractivity contribution in [3.63, 3.8) is 0 Å². The topological polar surface area (TPSA) is 91.2 Å². The Balaban J connectivity index is 2.01. The molecule has 2 aromatic carbocycles. The molecule has 24 heavy (non-hydrogen) atoms. The summed E-state index contributed by atoms with van der Waals surface area (Å²) in [5.74, 6) is 0.457. The number of para-hydroxylation sites is 2. The lowest BCUT2D eigenvalue weighted by molar-refractivity contribution is -0.384. The second-order valence-corrected chi connectivity index (χ2v) is 5.41. The number of benzene rings is 2. The van der Waals surface area contributed by atoms with Gasteiger partial charge in [0.25, 0.3) is 5.69 Å². The van der Waals surface area contributed by atoms with Gasteiger partial charge < -0.3 is 8.98 Å². The molecule has 0 saturated heterocycles. The van der Waals surface area contributed by atoms with Crippen LogP contribution in [0.15, 0.2) is 57.7 Å². The molecule has 0 atom stereocenters. The predicted octanol–water partition coefficient (Wildman–Crippen LogP) is 3.25. The zero-order valence-corrected chi connectivity index (χ0v) is 12.6. The van der Waals surface area contributed by atoms with Gasteiger partial charge in [-0.25, -0.2) is 9.78 Å². The SMILES string of the molecule is Cn1c(-c2cc3cc([N+](=O)[O-])ccc3oc2=O)nc2ccccc21. The second kappa shape index (κ2) is 5.02. The van der Waals surface area contributed by atoms with E-state index in [1.54, 1.807) is 10.6 Å². The molecule has 118 valence electrons. The lowest BCUT2D eigenvalue weighted by atomic mass is 10.1. The standard InChI is InChI=1S/C17H11N3O4/c1-19-14-5-3-2-4-13(14)18-16(19)12-9-10-8-11(20(22)23)6-7-15(10)24-17(12)21/h2-9H,1H3. The van der Waals surface area contributed by atoms with Gasteiger partial charge in [-0.2, -0.15) is 0 Å². The van der Waals surface area contributed by atoms with Crippen LogP contribution in [0.4, 0.5) is 5.69 Å². The normalized spacial score (nSPS) is 11.2. The number of imidazole rings is 1. The summed E-state index contributed by atoms with van der Waals surface area (Å²) < 4.78 is 7.10. The zero-order chi connectivity index (χ0) is 16.8. The Labute approximate surface area is 134 Å². The first-order valence-corrected chi connectivity index (χ1v) is 7.19. The highest BCUT2D eigenvalue weighted by molar-refractivity contribution is 5.85. The van der Waals surface area contributed by atoms with E-state index < -0.39 is 10.5 Å². The summed E-state index contributed by atoms with van der Waals surface area (Å²) in [7, 11) is 1.81. The average molecular weight is 321 g/mol. The maximum Gasteiger partial charge on any atom is 0.347 e. The number of non-ortho nitro benzene ring substituents is 1. The molecule has 0 unspecified atom stereocenters. The van der Waals surface area contributed by atoms with Crippen LogP contribution in [-0.4, -0.2) is 14.5 Å². The zero-order valence-electron chi connectivity index (χ0n) is 12.6. The van der Waals surface area contributed by atoms with Gasteiger partial charge in [-0.15, -0.1) is 0 Å². The third-order valence-corrected chi connectivity index (χ3v) is 3.95. The second-order valence-electron chi connectivity index (χ2n) is 5.41. The molecule has 7 heteroatoms. The van der Waals surface area contributed by atoms with E-state index in [9.17, 15) is 14.9 Å². The van der Waals surface area contributed by atoms with Crippen LogP contribution < -0.4 is 5.63 Å². The predicted molar refractivity (Wildman–Crippen MR) is 88.8 cm³/mol. The molecule has 0 amide bonds. The summed E-state index contributed by atoms with van der Waals surface area (Å²) in [5, 5.41) is 11.4. The molecule has 2 heterocycles. The molecule has 7 nitrogen and oxygen atoms in total. The summed E-state index contributed by atoms with van der Waals surface area (Å²) >= 11 is 0. The fourth-order valence-corrected chi connectivity index (χ4v) is 2.77. The molecule has 0 aliphatic heterocycles. The number of hydrogen-bond acceptors (Lipinski definition) is 5. The highest BCUT2D eigenvalue weighted by Gasteiger charge is 2.16. The monoisotopic (exact) mass is 321 g/mol. The minimum absolute atomic E-state index is 0.0627. The van der Waals surface area contributed by atoms with E-state index in [1.807, 2.05) is 31.3 Å². The van der Waals surface area contributed by atoms with Crippen molar-refractivity contribution in [2.75, 3.05) is 0 Å². The van der Waals surface area contributed by atoms with Crippen molar-refractivity contribution in [2.45, 2.75) is 0 Å². The summed E-state index contributed by atoms with van der Waals surface area (Å²) in [6.07, 6.45) is 0. The Bertz CT molecular complexity index is 1170. The van der Waals surface area contributed by atoms with Gasteiger partial charge >= 0.3 is 5.63 Å². The molecule has 4 aromatic rings. The van der Waals surface area contributed by atoms with Gasteiger partial charge in [0.05, 0.1) is 16.0 Å². The summed E-state index contributed by atoms with van der Waals surface area (Å²) in [5.41, 5.74) is 1.61. The molecular formula is C17H11N3O4. The number of rotatable bonds is 2. The van der Waals surface area contributed by atoms with Gasteiger partial charge in [-0.1, -0.05) is 12.1 Å². The van der Waals surface area contributed by atoms with E-state index >= 15 is 0 Å². The van der Waals surface area contributed by atoms with Gasteiger partial charge in [0.1, 0.15) is 17.0 Å². The van der Waals surface area contributed by atoms with E-state index in [4.69, 9.17) is 4.42 Å². The van der Waals surface area contributed by atoms with Gasteiger partial charge in [0, 0.05) is 24.6 Å². The number of nitro benzene ring substituents is 1. The molecule has 2 aromatic heterocycles. The van der Waals surface area contributed by atoms with Gasteiger partial charge in [-0.05, 0) is 24.3 Å². The smallest absolute Gasteiger partial charge is 0.347 e. The molecule has 0 N–H and O–H groups in total. The van der Waals surface area contributed by atoms with Crippen LogP contribution >= 0.6 is 0 Å². The highest BCUT2D eigenvalue weighted by atomic mass is 16.6. The Morgan fingerprint density at radius 1 is 1.17 bits per heavy atom. The van der Waals surface area contributed by atoms with Gasteiger partial charge in [-0.3, -0.25) is 10.1 Å². The fraction of sp³-hybridized carbons (Fsp3) is 0.0588. The molecular weight excluding hydrogens is 310 g/mol. The number of aromatic nitrogens is 2. The Morgan fingerprint density at radius 3 is 2.71 bits per heavy atom. The fourth-order valence-electron chi connectivity index (χ4n) is 2.77. The number of aryl methyl sites for hydroxylation is 1. The Kier molecular flexibility index (Phi) is 2.96. The van der Waals surface area contributed by atoms with Crippen LogP contribution in [0.2, 0.25) is 0 Å². The quantitative estimate of drug-likeness (QED) is 0.321. The number of nitrogens with zero attached hydrogens (tertiary/aromatic N) is 3. The van der Waals surface area contributed by atoms with Crippen molar-refractivity contribution in [3.8, 4) is 11.4 Å². The number of nitro groups is 1. The maximum absolute atomic E-state index is 12.3. The molecule has 0 saturated carbocycles. The highest BCUT2D eigenvalue weighted by Crippen LogP contribution is 2.26. The van der Waals surface area contributed by atoms with Crippen LogP contribution in [0.5, 0.6) is 0 Å². The van der Waals surface area contributed by atoms with E-state index in [0.29, 0.717) is 16.8 Å². The molecule has 0 spiro atoms. The van der Waals surface area contributed by atoms with E-state index in [0.717, 1.165) is 11.0 Å². The minimum atomic E-state index is -0.533. The number of hydrogen-bond donors (Lipinski definition) is 0. The molecule has 0 aliphatic rings. The van der Waals surface area contributed by atoms with E-state index in [2.05, 4.69) is 4.98 Å². The lowest BCUT2D eigenvalue weighted by Crippen LogP contribution is -2.06. The summed E-state index contributed by atoms with van der Waals surface area (Å²) in [6, 6.07) is 13.2. The number of fused-ring (bicyclic) bond motifs is 2. The Hall–Kier alpha value is -3.48. The van der Waals surface area contributed by atoms with Crippen molar-refractivity contribution >= 4 is 27.7 Å². The first kappa shape index (κ1) is 14.1. The maximum atomic E-state index is 12.3. The van der Waals surface area contributed by atoms with Crippen LogP contribution in [0, 0.1) is 10.1 Å². The lowest BCUT2D eigenvalue weighted by Gasteiger charge is -2.03. The van der Waals surface area contributed by atoms with Crippen LogP contribution in [0.1, 0.15) is 0 Å². The molecule has 0 aliphatic carbocycles. The molecule has 0 fully saturated rings. The van der Waals surface area contributed by atoms with Crippen molar-refractivity contribution < 1.29 is 9.34 Å². The molecule has 4 rings (SSSR count). The van der Waals surface area contributed by atoms with Gasteiger partial charge in [0.15, 0.2) is 0 Å². The first-order chi connectivity index (χ1) is 11.5. The Morgan fingerprint density at radius 2 is 1.96 bits per heavy atom. The summed E-state index contributed by atoms with van der Waals surface area (Å²) in [4.78, 5) is 27.3.